The quantitative estimate of drug-likeness (QED) is 0.385. The van der Waals surface area contributed by atoms with Crippen LogP contribution in [0, 0.1) is 13.8 Å². The van der Waals surface area contributed by atoms with E-state index < -0.39 is 0 Å². The third-order valence-electron chi connectivity index (χ3n) is 3.04. The average Bonchev–Trinajstić information content (AvgIpc) is 2.39. The van der Waals surface area contributed by atoms with Gasteiger partial charge in [-0.15, -0.1) is 0 Å². The summed E-state index contributed by atoms with van der Waals surface area (Å²) in [6, 6.07) is 9.40. The molecule has 0 fully saturated rings. The molecular formula is C15H17N3O2. The number of rotatable bonds is 3. The molecule has 1 aromatic heterocycles. The lowest BCUT2D eigenvalue weighted by atomic mass is 10.1. The Kier molecular flexibility index (Phi) is 3.89. The first kappa shape index (κ1) is 13.9. The smallest absolute Gasteiger partial charge is 0.261 e. The van der Waals surface area contributed by atoms with Gasteiger partial charge in [-0.3, -0.25) is 4.79 Å². The summed E-state index contributed by atoms with van der Waals surface area (Å²) in [6.45, 7) is 4.49. The fourth-order valence-electron chi connectivity index (χ4n) is 2.27. The Morgan fingerprint density at radius 3 is 2.55 bits per heavy atom. The summed E-state index contributed by atoms with van der Waals surface area (Å²) in [6.07, 6.45) is 1.69. The first-order chi connectivity index (χ1) is 9.51. The summed E-state index contributed by atoms with van der Waals surface area (Å²) < 4.78 is 1.54. The molecule has 1 aromatic carbocycles. The van der Waals surface area contributed by atoms with Crippen molar-refractivity contribution in [3.05, 3.63) is 69.1 Å². The van der Waals surface area contributed by atoms with Crippen LogP contribution < -0.4 is 11.3 Å². The number of nitrogens with two attached hydrogens (primary N) is 1. The van der Waals surface area contributed by atoms with Crippen LogP contribution in [-0.2, 0) is 6.54 Å². The van der Waals surface area contributed by atoms with Crippen LogP contribution in [0.3, 0.4) is 0 Å². The molecule has 0 amide bonds. The molecule has 0 bridgehead atoms. The first-order valence-electron chi connectivity index (χ1n) is 6.26. The Balaban J connectivity index is 2.42. The molecule has 2 rings (SSSR count). The number of aromatic nitrogens is 1. The van der Waals surface area contributed by atoms with Crippen molar-refractivity contribution in [1.82, 2.24) is 4.57 Å². The van der Waals surface area contributed by atoms with Gasteiger partial charge < -0.3 is 15.5 Å². The van der Waals surface area contributed by atoms with E-state index in [-0.39, 0.29) is 17.0 Å². The number of amidine groups is 1. The largest absolute Gasteiger partial charge is 0.409 e. The van der Waals surface area contributed by atoms with Crippen LogP contribution >= 0.6 is 0 Å². The minimum absolute atomic E-state index is 0.176. The van der Waals surface area contributed by atoms with Gasteiger partial charge in [0.1, 0.15) is 0 Å². The highest BCUT2D eigenvalue weighted by molar-refractivity contribution is 5.96. The molecule has 5 nitrogen and oxygen atoms in total. The number of benzene rings is 1. The van der Waals surface area contributed by atoms with E-state index in [1.54, 1.807) is 16.8 Å². The normalized spacial score (nSPS) is 11.6. The zero-order valence-electron chi connectivity index (χ0n) is 11.5. The maximum absolute atomic E-state index is 12.2. The Labute approximate surface area is 117 Å². The lowest BCUT2D eigenvalue weighted by Crippen LogP contribution is -2.29. The molecular weight excluding hydrogens is 254 g/mol. The van der Waals surface area contributed by atoms with Crippen LogP contribution in [0.1, 0.15) is 22.3 Å². The first-order valence-corrected chi connectivity index (χ1v) is 6.26. The molecule has 20 heavy (non-hydrogen) atoms. The SMILES string of the molecule is Cc1cc(C)cc(Cn2cccc(/C(N)=N/O)c2=O)c1. The highest BCUT2D eigenvalue weighted by Gasteiger charge is 2.08. The fraction of sp³-hybridized carbons (Fsp3) is 0.200. The molecule has 5 heteroatoms. The molecule has 0 saturated heterocycles. The van der Waals surface area contributed by atoms with E-state index in [2.05, 4.69) is 11.2 Å². The highest BCUT2D eigenvalue weighted by Crippen LogP contribution is 2.09. The number of hydrogen-bond acceptors (Lipinski definition) is 3. The zero-order valence-corrected chi connectivity index (χ0v) is 11.5. The summed E-state index contributed by atoms with van der Waals surface area (Å²) in [5.41, 5.74) is 8.76. The molecule has 0 radical (unpaired) electrons. The Hall–Kier alpha value is -2.56. The summed E-state index contributed by atoms with van der Waals surface area (Å²) in [5.74, 6) is -0.176. The summed E-state index contributed by atoms with van der Waals surface area (Å²) in [4.78, 5) is 12.2. The molecule has 0 aliphatic rings. The predicted octanol–water partition coefficient (Wildman–Crippen LogP) is 1.61. The van der Waals surface area contributed by atoms with Crippen molar-refractivity contribution in [3.8, 4) is 0 Å². The van der Waals surface area contributed by atoms with Crippen molar-refractivity contribution in [1.29, 1.82) is 0 Å². The van der Waals surface area contributed by atoms with Crippen molar-refractivity contribution < 1.29 is 5.21 Å². The van der Waals surface area contributed by atoms with E-state index in [0.29, 0.717) is 6.54 Å². The minimum atomic E-state index is -0.276. The Morgan fingerprint density at radius 2 is 1.95 bits per heavy atom. The molecule has 0 atom stereocenters. The van der Waals surface area contributed by atoms with Gasteiger partial charge in [0.05, 0.1) is 12.1 Å². The minimum Gasteiger partial charge on any atom is -0.409 e. The van der Waals surface area contributed by atoms with Gasteiger partial charge in [0.25, 0.3) is 5.56 Å². The summed E-state index contributed by atoms with van der Waals surface area (Å²) >= 11 is 0. The van der Waals surface area contributed by atoms with Crippen LogP contribution in [0.2, 0.25) is 0 Å². The molecule has 3 N–H and O–H groups in total. The Morgan fingerprint density at radius 1 is 1.30 bits per heavy atom. The number of aryl methyl sites for hydroxylation is 2. The van der Waals surface area contributed by atoms with Crippen LogP contribution in [0.4, 0.5) is 0 Å². The van der Waals surface area contributed by atoms with Crippen LogP contribution in [0.25, 0.3) is 0 Å². The van der Waals surface area contributed by atoms with Gasteiger partial charge in [0, 0.05) is 6.20 Å². The van der Waals surface area contributed by atoms with Gasteiger partial charge in [0.15, 0.2) is 5.84 Å². The molecule has 0 spiro atoms. The monoisotopic (exact) mass is 271 g/mol. The van der Waals surface area contributed by atoms with Crippen LogP contribution in [0.15, 0.2) is 46.5 Å². The van der Waals surface area contributed by atoms with Crippen molar-refractivity contribution in [2.45, 2.75) is 20.4 Å². The maximum atomic E-state index is 12.2. The van der Waals surface area contributed by atoms with Crippen molar-refractivity contribution in [2.75, 3.05) is 0 Å². The maximum Gasteiger partial charge on any atom is 0.261 e. The topological polar surface area (TPSA) is 80.6 Å². The van der Waals surface area contributed by atoms with Gasteiger partial charge in [-0.05, 0) is 31.5 Å². The standard InChI is InChI=1S/C15H17N3O2/c1-10-6-11(2)8-12(7-10)9-18-5-3-4-13(15(18)19)14(16)17-20/h3-8,20H,9H2,1-2H3,(H2,16,17). The Bertz CT molecular complexity index is 697. The fourth-order valence-corrected chi connectivity index (χ4v) is 2.27. The highest BCUT2D eigenvalue weighted by atomic mass is 16.4. The zero-order chi connectivity index (χ0) is 14.7. The second-order valence-electron chi connectivity index (χ2n) is 4.84. The predicted molar refractivity (Wildman–Crippen MR) is 78.2 cm³/mol. The van der Waals surface area contributed by atoms with Gasteiger partial charge in [-0.2, -0.15) is 0 Å². The lowest BCUT2D eigenvalue weighted by Gasteiger charge is -2.09. The second-order valence-corrected chi connectivity index (χ2v) is 4.84. The van der Waals surface area contributed by atoms with Gasteiger partial charge >= 0.3 is 0 Å². The van der Waals surface area contributed by atoms with E-state index in [4.69, 9.17) is 10.9 Å². The van der Waals surface area contributed by atoms with Crippen molar-refractivity contribution in [3.63, 3.8) is 0 Å². The van der Waals surface area contributed by atoms with Gasteiger partial charge in [-0.25, -0.2) is 0 Å². The molecule has 0 saturated carbocycles. The number of oxime groups is 1. The number of pyridine rings is 1. The number of nitrogens with zero attached hydrogens (tertiary/aromatic N) is 2. The van der Waals surface area contributed by atoms with Crippen molar-refractivity contribution in [2.24, 2.45) is 10.9 Å². The second kappa shape index (κ2) is 5.61. The molecule has 0 aliphatic carbocycles. The third kappa shape index (κ3) is 2.88. The molecule has 2 aromatic rings. The van der Waals surface area contributed by atoms with Crippen LogP contribution in [0.5, 0.6) is 0 Å². The van der Waals surface area contributed by atoms with E-state index in [1.165, 1.54) is 6.07 Å². The molecule has 1 heterocycles. The molecule has 0 aliphatic heterocycles. The molecule has 104 valence electrons. The van der Waals surface area contributed by atoms with E-state index in [0.717, 1.165) is 16.7 Å². The van der Waals surface area contributed by atoms with E-state index >= 15 is 0 Å². The van der Waals surface area contributed by atoms with Crippen LogP contribution in [-0.4, -0.2) is 15.6 Å². The third-order valence-corrected chi connectivity index (χ3v) is 3.04. The summed E-state index contributed by atoms with van der Waals surface area (Å²) in [5, 5.41) is 11.6. The van der Waals surface area contributed by atoms with E-state index in [1.807, 2.05) is 26.0 Å². The van der Waals surface area contributed by atoms with Crippen molar-refractivity contribution >= 4 is 5.84 Å². The molecule has 0 unspecified atom stereocenters. The average molecular weight is 271 g/mol. The van der Waals surface area contributed by atoms with Gasteiger partial charge in [-0.1, -0.05) is 34.5 Å². The summed E-state index contributed by atoms with van der Waals surface area (Å²) in [7, 11) is 0. The van der Waals surface area contributed by atoms with E-state index in [9.17, 15) is 4.79 Å². The lowest BCUT2D eigenvalue weighted by molar-refractivity contribution is 0.318. The van der Waals surface area contributed by atoms with Gasteiger partial charge in [0.2, 0.25) is 0 Å². The number of hydrogen-bond donors (Lipinski definition) is 2.